The van der Waals surface area contributed by atoms with Crippen LogP contribution in [0.1, 0.15) is 56.7 Å². The van der Waals surface area contributed by atoms with Crippen LogP contribution in [0.15, 0.2) is 18.2 Å². The zero-order valence-electron chi connectivity index (χ0n) is 13.8. The molecule has 118 valence electrons. The van der Waals surface area contributed by atoms with Crippen molar-refractivity contribution in [3.8, 4) is 5.75 Å². The van der Waals surface area contributed by atoms with Crippen molar-refractivity contribution in [2.75, 3.05) is 14.2 Å². The molecule has 3 unspecified atom stereocenters. The summed E-state index contributed by atoms with van der Waals surface area (Å²) in [5.74, 6) is 1.75. The summed E-state index contributed by atoms with van der Waals surface area (Å²) in [6, 6.07) is 7.41. The van der Waals surface area contributed by atoms with Crippen molar-refractivity contribution in [2.24, 2.45) is 5.92 Å². The van der Waals surface area contributed by atoms with Gasteiger partial charge in [0.1, 0.15) is 5.75 Å². The van der Waals surface area contributed by atoms with Gasteiger partial charge in [-0.1, -0.05) is 25.8 Å². The van der Waals surface area contributed by atoms with Gasteiger partial charge in [0.25, 0.3) is 0 Å². The number of hydrogen-bond acceptors (Lipinski definition) is 3. The quantitative estimate of drug-likeness (QED) is 0.857. The van der Waals surface area contributed by atoms with Gasteiger partial charge in [-0.25, -0.2) is 0 Å². The summed E-state index contributed by atoms with van der Waals surface area (Å²) >= 11 is 0. The maximum atomic E-state index is 5.40. The van der Waals surface area contributed by atoms with E-state index in [1.807, 2.05) is 6.07 Å². The Morgan fingerprint density at radius 2 is 2.10 bits per heavy atom. The molecule has 21 heavy (non-hydrogen) atoms. The minimum absolute atomic E-state index is 0.363. The molecule has 3 atom stereocenters. The van der Waals surface area contributed by atoms with Gasteiger partial charge < -0.3 is 14.8 Å². The van der Waals surface area contributed by atoms with Crippen molar-refractivity contribution in [1.29, 1.82) is 0 Å². The lowest BCUT2D eigenvalue weighted by Crippen LogP contribution is -2.35. The third-order valence-electron chi connectivity index (χ3n) is 4.53. The highest BCUT2D eigenvalue weighted by molar-refractivity contribution is 5.38. The van der Waals surface area contributed by atoms with Crippen LogP contribution in [0.25, 0.3) is 0 Å². The summed E-state index contributed by atoms with van der Waals surface area (Å²) in [4.78, 5) is 0. The first-order valence-electron chi connectivity index (χ1n) is 8.05. The summed E-state index contributed by atoms with van der Waals surface area (Å²) < 4.78 is 10.7. The van der Waals surface area contributed by atoms with Crippen LogP contribution < -0.4 is 10.1 Å². The topological polar surface area (TPSA) is 30.5 Å². The van der Waals surface area contributed by atoms with Crippen LogP contribution in [0.2, 0.25) is 0 Å². The van der Waals surface area contributed by atoms with E-state index in [0.717, 1.165) is 17.2 Å². The summed E-state index contributed by atoms with van der Waals surface area (Å²) in [6.07, 6.45) is 5.33. The summed E-state index contributed by atoms with van der Waals surface area (Å²) in [5.41, 5.74) is 2.42. The predicted octanol–water partition coefficient (Wildman–Crippen LogP) is 4.07. The van der Waals surface area contributed by atoms with Crippen molar-refractivity contribution in [3.05, 3.63) is 29.3 Å². The molecule has 1 saturated carbocycles. The summed E-state index contributed by atoms with van der Waals surface area (Å²) in [7, 11) is 3.43. The molecular formula is C18H29NO2. The number of hydrogen-bond donors (Lipinski definition) is 1. The van der Waals surface area contributed by atoms with E-state index in [2.05, 4.69) is 31.3 Å². The molecule has 1 aromatic carbocycles. The van der Waals surface area contributed by atoms with E-state index in [9.17, 15) is 0 Å². The van der Waals surface area contributed by atoms with E-state index in [-0.39, 0.29) is 0 Å². The third-order valence-corrected chi connectivity index (χ3v) is 4.53. The fraction of sp³-hybridized carbons (Fsp3) is 0.667. The largest absolute Gasteiger partial charge is 0.496 e. The average Bonchev–Trinajstić information content (AvgIpc) is 2.47. The molecule has 0 aliphatic heterocycles. The minimum Gasteiger partial charge on any atom is -0.496 e. The van der Waals surface area contributed by atoms with E-state index in [1.165, 1.54) is 31.2 Å². The minimum atomic E-state index is 0.363. The highest BCUT2D eigenvalue weighted by Crippen LogP contribution is 2.28. The third kappa shape index (κ3) is 4.45. The molecule has 0 saturated heterocycles. The second-order valence-corrected chi connectivity index (χ2v) is 6.36. The van der Waals surface area contributed by atoms with Crippen molar-refractivity contribution in [3.63, 3.8) is 0 Å². The van der Waals surface area contributed by atoms with Crippen LogP contribution in [-0.4, -0.2) is 20.3 Å². The number of methoxy groups -OCH3 is 2. The van der Waals surface area contributed by atoms with E-state index in [4.69, 9.17) is 9.47 Å². The Bertz CT molecular complexity index is 447. The Kier molecular flexibility index (Phi) is 6.07. The smallest absolute Gasteiger partial charge is 0.124 e. The molecule has 0 heterocycles. The monoisotopic (exact) mass is 291 g/mol. The fourth-order valence-corrected chi connectivity index (χ4v) is 3.37. The lowest BCUT2D eigenvalue weighted by Gasteiger charge is -2.30. The van der Waals surface area contributed by atoms with Crippen molar-refractivity contribution < 1.29 is 9.47 Å². The summed E-state index contributed by atoms with van der Waals surface area (Å²) in [5, 5.41) is 3.79. The lowest BCUT2D eigenvalue weighted by molar-refractivity contribution is 0.181. The lowest BCUT2D eigenvalue weighted by atomic mass is 9.86. The van der Waals surface area contributed by atoms with Crippen molar-refractivity contribution in [1.82, 2.24) is 5.32 Å². The van der Waals surface area contributed by atoms with Crippen LogP contribution in [0.4, 0.5) is 0 Å². The Hall–Kier alpha value is -1.06. The fourth-order valence-electron chi connectivity index (χ4n) is 3.37. The Morgan fingerprint density at radius 1 is 1.29 bits per heavy atom. The first kappa shape index (κ1) is 16.3. The normalized spacial score (nSPS) is 23.8. The van der Waals surface area contributed by atoms with E-state index < -0.39 is 0 Å². The molecule has 0 aromatic heterocycles. The molecule has 0 bridgehead atoms. The van der Waals surface area contributed by atoms with Gasteiger partial charge in [0.15, 0.2) is 0 Å². The van der Waals surface area contributed by atoms with Crippen molar-refractivity contribution >= 4 is 0 Å². The van der Waals surface area contributed by atoms with Gasteiger partial charge in [-0.3, -0.25) is 0 Å². The molecule has 1 aliphatic carbocycles. The number of nitrogens with one attached hydrogen (secondary N) is 1. The maximum Gasteiger partial charge on any atom is 0.124 e. The van der Waals surface area contributed by atoms with Gasteiger partial charge in [0.2, 0.25) is 0 Å². The van der Waals surface area contributed by atoms with Crippen LogP contribution in [0.5, 0.6) is 5.75 Å². The van der Waals surface area contributed by atoms with Gasteiger partial charge in [-0.2, -0.15) is 0 Å². The van der Waals surface area contributed by atoms with Crippen LogP contribution in [0, 0.1) is 5.92 Å². The van der Waals surface area contributed by atoms with E-state index in [1.54, 1.807) is 14.2 Å². The number of rotatable bonds is 6. The SMILES string of the molecule is COCc1cc(C(C)NC2CCCC(C)C2)ccc1OC. The zero-order chi connectivity index (χ0) is 15.2. The average molecular weight is 291 g/mol. The van der Waals surface area contributed by atoms with Gasteiger partial charge in [0, 0.05) is 24.8 Å². The molecular weight excluding hydrogens is 262 g/mol. The molecule has 3 nitrogen and oxygen atoms in total. The molecule has 2 rings (SSSR count). The van der Waals surface area contributed by atoms with Crippen LogP contribution >= 0.6 is 0 Å². The van der Waals surface area contributed by atoms with Gasteiger partial charge in [-0.15, -0.1) is 0 Å². The van der Waals surface area contributed by atoms with E-state index in [0.29, 0.717) is 18.7 Å². The molecule has 0 amide bonds. The van der Waals surface area contributed by atoms with Crippen LogP contribution in [0.3, 0.4) is 0 Å². The second kappa shape index (κ2) is 7.81. The second-order valence-electron chi connectivity index (χ2n) is 6.36. The van der Waals surface area contributed by atoms with Gasteiger partial charge in [-0.05, 0) is 43.4 Å². The molecule has 3 heteroatoms. The molecule has 1 fully saturated rings. The molecule has 0 radical (unpaired) electrons. The first-order valence-corrected chi connectivity index (χ1v) is 8.05. The molecule has 1 aromatic rings. The standard InChI is InChI=1S/C18H29NO2/c1-13-6-5-7-17(10-13)19-14(2)15-8-9-18(21-4)16(11-15)12-20-3/h8-9,11,13-14,17,19H,5-7,10,12H2,1-4H3. The molecule has 1 N–H and O–H groups in total. The van der Waals surface area contributed by atoms with E-state index >= 15 is 0 Å². The van der Waals surface area contributed by atoms with Gasteiger partial charge in [0.05, 0.1) is 13.7 Å². The molecule has 0 spiro atoms. The highest BCUT2D eigenvalue weighted by Gasteiger charge is 2.21. The highest BCUT2D eigenvalue weighted by atomic mass is 16.5. The first-order chi connectivity index (χ1) is 10.1. The van der Waals surface area contributed by atoms with Gasteiger partial charge >= 0.3 is 0 Å². The summed E-state index contributed by atoms with van der Waals surface area (Å²) in [6.45, 7) is 5.20. The Labute approximate surface area is 129 Å². The number of ether oxygens (including phenoxy) is 2. The van der Waals surface area contributed by atoms with Crippen LogP contribution in [-0.2, 0) is 11.3 Å². The molecule has 1 aliphatic rings. The predicted molar refractivity (Wildman–Crippen MR) is 86.7 cm³/mol. The number of benzene rings is 1. The van der Waals surface area contributed by atoms with Crippen molar-refractivity contribution in [2.45, 2.75) is 58.2 Å². The Morgan fingerprint density at radius 3 is 2.76 bits per heavy atom. The Balaban J connectivity index is 2.04. The zero-order valence-corrected chi connectivity index (χ0v) is 13.8. The maximum absolute atomic E-state index is 5.40.